The third-order valence-corrected chi connectivity index (χ3v) is 4.67. The van der Waals surface area contributed by atoms with E-state index in [4.69, 9.17) is 4.42 Å². The molecule has 1 aromatic rings. The molecule has 120 valence electrons. The molecular formula is C18H32N2O. The molecule has 3 nitrogen and oxygen atoms in total. The summed E-state index contributed by atoms with van der Waals surface area (Å²) >= 11 is 0. The van der Waals surface area contributed by atoms with Crippen LogP contribution in [0.15, 0.2) is 10.5 Å². The highest BCUT2D eigenvalue weighted by atomic mass is 16.3. The summed E-state index contributed by atoms with van der Waals surface area (Å²) in [5.41, 5.74) is 1.37. The van der Waals surface area contributed by atoms with Gasteiger partial charge in [-0.2, -0.15) is 0 Å². The Labute approximate surface area is 130 Å². The molecule has 1 aliphatic carbocycles. The lowest BCUT2D eigenvalue weighted by atomic mass is 9.94. The number of furan rings is 1. The van der Waals surface area contributed by atoms with Crippen LogP contribution in [-0.2, 0) is 13.1 Å². The molecule has 0 aromatic carbocycles. The Balaban J connectivity index is 1.93. The summed E-state index contributed by atoms with van der Waals surface area (Å²) in [5, 5.41) is 3.42. The van der Waals surface area contributed by atoms with E-state index < -0.39 is 0 Å². The summed E-state index contributed by atoms with van der Waals surface area (Å²) in [7, 11) is 0. The van der Waals surface area contributed by atoms with Crippen molar-refractivity contribution in [2.75, 3.05) is 13.1 Å². The van der Waals surface area contributed by atoms with Gasteiger partial charge in [0, 0.05) is 18.2 Å². The number of nitrogens with zero attached hydrogens (tertiary/aromatic N) is 1. The van der Waals surface area contributed by atoms with E-state index in [0.29, 0.717) is 0 Å². The first-order valence-electron chi connectivity index (χ1n) is 8.77. The minimum Gasteiger partial charge on any atom is -0.465 e. The van der Waals surface area contributed by atoms with Crippen LogP contribution in [0.2, 0.25) is 0 Å². The zero-order valence-corrected chi connectivity index (χ0v) is 14.1. The largest absolute Gasteiger partial charge is 0.465 e. The van der Waals surface area contributed by atoms with Crippen LogP contribution in [-0.4, -0.2) is 24.0 Å². The zero-order chi connectivity index (χ0) is 15.1. The molecule has 21 heavy (non-hydrogen) atoms. The summed E-state index contributed by atoms with van der Waals surface area (Å²) in [6.07, 6.45) is 8.13. The minimum atomic E-state index is 0.778. The predicted octanol–water partition coefficient (Wildman–Crippen LogP) is 4.24. The fraction of sp³-hybridized carbons (Fsp3) is 0.778. The third kappa shape index (κ3) is 4.86. The second-order valence-electron chi connectivity index (χ2n) is 6.33. The lowest BCUT2D eigenvalue weighted by Gasteiger charge is -2.33. The van der Waals surface area contributed by atoms with Gasteiger partial charge in [-0.25, -0.2) is 0 Å². The first-order chi connectivity index (χ1) is 10.2. The van der Waals surface area contributed by atoms with E-state index in [1.807, 2.05) is 0 Å². The van der Waals surface area contributed by atoms with Crippen LogP contribution < -0.4 is 5.32 Å². The smallest absolute Gasteiger partial charge is 0.118 e. The van der Waals surface area contributed by atoms with Crippen LogP contribution in [0.1, 0.15) is 69.5 Å². The van der Waals surface area contributed by atoms with Crippen molar-refractivity contribution in [3.63, 3.8) is 0 Å². The molecule has 1 saturated carbocycles. The Kier molecular flexibility index (Phi) is 6.78. The standard InChI is InChI=1S/C18H32N2O/c1-4-11-19-13-18-12-16(15(3)21-18)14-20(5-2)17-9-7-6-8-10-17/h12,17,19H,4-11,13-14H2,1-3H3. The van der Waals surface area contributed by atoms with Gasteiger partial charge in [0.1, 0.15) is 11.5 Å². The monoisotopic (exact) mass is 292 g/mol. The average Bonchev–Trinajstić information content (AvgIpc) is 2.86. The number of hydrogen-bond acceptors (Lipinski definition) is 3. The first kappa shape index (κ1) is 16.6. The van der Waals surface area contributed by atoms with E-state index in [2.05, 4.69) is 37.1 Å². The number of hydrogen-bond donors (Lipinski definition) is 1. The second-order valence-corrected chi connectivity index (χ2v) is 6.33. The lowest BCUT2D eigenvalue weighted by Crippen LogP contribution is -2.36. The maximum Gasteiger partial charge on any atom is 0.118 e. The predicted molar refractivity (Wildman–Crippen MR) is 88.4 cm³/mol. The topological polar surface area (TPSA) is 28.4 Å². The van der Waals surface area contributed by atoms with Gasteiger partial charge in [0.2, 0.25) is 0 Å². The Morgan fingerprint density at radius 2 is 2.00 bits per heavy atom. The molecule has 0 aliphatic heterocycles. The SMILES string of the molecule is CCCNCc1cc(CN(CC)C2CCCCC2)c(C)o1. The maximum atomic E-state index is 5.90. The van der Waals surface area contributed by atoms with E-state index in [1.165, 1.54) is 37.7 Å². The van der Waals surface area contributed by atoms with Crippen LogP contribution in [0.5, 0.6) is 0 Å². The Morgan fingerprint density at radius 1 is 1.24 bits per heavy atom. The van der Waals surface area contributed by atoms with Crippen molar-refractivity contribution in [3.05, 3.63) is 23.2 Å². The Hall–Kier alpha value is -0.800. The first-order valence-corrected chi connectivity index (χ1v) is 8.77. The fourth-order valence-electron chi connectivity index (χ4n) is 3.38. The van der Waals surface area contributed by atoms with Gasteiger partial charge in [0.25, 0.3) is 0 Å². The highest BCUT2D eigenvalue weighted by Crippen LogP contribution is 2.25. The van der Waals surface area contributed by atoms with Crippen molar-refractivity contribution in [2.24, 2.45) is 0 Å². The summed E-state index contributed by atoms with van der Waals surface area (Å²) < 4.78 is 5.90. The maximum absolute atomic E-state index is 5.90. The molecule has 0 saturated heterocycles. The van der Waals surface area contributed by atoms with Crippen molar-refractivity contribution < 1.29 is 4.42 Å². The van der Waals surface area contributed by atoms with Crippen molar-refractivity contribution in [1.82, 2.24) is 10.2 Å². The molecule has 2 rings (SSSR count). The van der Waals surface area contributed by atoms with Gasteiger partial charge in [-0.15, -0.1) is 0 Å². The van der Waals surface area contributed by atoms with Crippen LogP contribution in [0.3, 0.4) is 0 Å². The number of aryl methyl sites for hydroxylation is 1. The molecule has 0 unspecified atom stereocenters. The second kappa shape index (κ2) is 8.60. The molecule has 0 spiro atoms. The summed E-state index contributed by atoms with van der Waals surface area (Å²) in [5.74, 6) is 2.17. The highest BCUT2D eigenvalue weighted by Gasteiger charge is 2.21. The van der Waals surface area contributed by atoms with Gasteiger partial charge in [0.05, 0.1) is 6.54 Å². The van der Waals surface area contributed by atoms with Crippen LogP contribution in [0.25, 0.3) is 0 Å². The van der Waals surface area contributed by atoms with E-state index >= 15 is 0 Å². The van der Waals surface area contributed by atoms with Crippen molar-refractivity contribution in [2.45, 2.75) is 78.4 Å². The van der Waals surface area contributed by atoms with Crippen molar-refractivity contribution >= 4 is 0 Å². The van der Waals surface area contributed by atoms with Crippen molar-refractivity contribution in [3.8, 4) is 0 Å². The van der Waals surface area contributed by atoms with Gasteiger partial charge >= 0.3 is 0 Å². The third-order valence-electron chi connectivity index (χ3n) is 4.67. The number of nitrogens with one attached hydrogen (secondary N) is 1. The van der Waals surface area contributed by atoms with Gasteiger partial charge in [-0.3, -0.25) is 4.90 Å². The molecule has 0 radical (unpaired) electrons. The van der Waals surface area contributed by atoms with Crippen LogP contribution in [0.4, 0.5) is 0 Å². The molecular weight excluding hydrogens is 260 g/mol. The molecule has 1 fully saturated rings. The van der Waals surface area contributed by atoms with E-state index in [-0.39, 0.29) is 0 Å². The Morgan fingerprint density at radius 3 is 2.67 bits per heavy atom. The van der Waals surface area contributed by atoms with Gasteiger partial charge in [-0.1, -0.05) is 33.1 Å². The van der Waals surface area contributed by atoms with E-state index in [9.17, 15) is 0 Å². The van der Waals surface area contributed by atoms with Gasteiger partial charge in [0.15, 0.2) is 0 Å². The molecule has 1 aliphatic rings. The minimum absolute atomic E-state index is 0.778. The van der Waals surface area contributed by atoms with E-state index in [0.717, 1.165) is 50.2 Å². The van der Waals surface area contributed by atoms with Crippen LogP contribution in [0, 0.1) is 6.92 Å². The highest BCUT2D eigenvalue weighted by molar-refractivity contribution is 5.21. The normalized spacial score (nSPS) is 16.8. The molecule has 1 N–H and O–H groups in total. The summed E-state index contributed by atoms with van der Waals surface area (Å²) in [6, 6.07) is 3.03. The average molecular weight is 292 g/mol. The lowest BCUT2D eigenvalue weighted by molar-refractivity contribution is 0.155. The molecule has 1 aromatic heterocycles. The van der Waals surface area contributed by atoms with Gasteiger partial charge in [-0.05, 0) is 45.3 Å². The quantitative estimate of drug-likeness (QED) is 0.726. The number of rotatable bonds is 8. The summed E-state index contributed by atoms with van der Waals surface area (Å²) in [4.78, 5) is 2.64. The molecule has 3 heteroatoms. The fourth-order valence-corrected chi connectivity index (χ4v) is 3.38. The molecule has 1 heterocycles. The Bertz CT molecular complexity index is 407. The van der Waals surface area contributed by atoms with Gasteiger partial charge < -0.3 is 9.73 Å². The molecule has 0 amide bonds. The van der Waals surface area contributed by atoms with E-state index in [1.54, 1.807) is 0 Å². The molecule has 0 atom stereocenters. The zero-order valence-electron chi connectivity index (χ0n) is 14.1. The molecule has 0 bridgehead atoms. The van der Waals surface area contributed by atoms with Crippen molar-refractivity contribution in [1.29, 1.82) is 0 Å². The summed E-state index contributed by atoms with van der Waals surface area (Å²) in [6.45, 7) is 10.7. The van der Waals surface area contributed by atoms with Crippen LogP contribution >= 0.6 is 0 Å².